The first-order chi connectivity index (χ1) is 10.8. The van der Waals surface area contributed by atoms with E-state index in [4.69, 9.17) is 14.2 Å². The molecule has 1 atom stereocenters. The lowest BCUT2D eigenvalue weighted by Crippen LogP contribution is -2.26. The Morgan fingerprint density at radius 3 is 2.48 bits per heavy atom. The van der Waals surface area contributed by atoms with Gasteiger partial charge in [0, 0.05) is 12.2 Å². The quantitative estimate of drug-likeness (QED) is 0.516. The summed E-state index contributed by atoms with van der Waals surface area (Å²) in [4.78, 5) is 23.6. The third-order valence-corrected chi connectivity index (χ3v) is 3.21. The maximum Gasteiger partial charge on any atom is 0.335 e. The Balaban J connectivity index is 2.46. The molecule has 0 aromatic heterocycles. The number of hydrogen-bond acceptors (Lipinski definition) is 5. The Morgan fingerprint density at radius 2 is 1.91 bits per heavy atom. The SMILES string of the molecule is COc1ccc(C(=O)COC(=O)C(C)OCCC(C)C)cc1F. The Labute approximate surface area is 135 Å². The number of hydrogen-bond donors (Lipinski definition) is 0. The van der Waals surface area contributed by atoms with Crippen LogP contribution in [0.4, 0.5) is 4.39 Å². The Kier molecular flexibility index (Phi) is 7.68. The first-order valence-electron chi connectivity index (χ1n) is 7.50. The van der Waals surface area contributed by atoms with Crippen molar-refractivity contribution in [3.05, 3.63) is 29.6 Å². The van der Waals surface area contributed by atoms with E-state index in [1.165, 1.54) is 19.2 Å². The van der Waals surface area contributed by atoms with Gasteiger partial charge in [0.15, 0.2) is 30.1 Å². The van der Waals surface area contributed by atoms with Crippen LogP contribution in [0.3, 0.4) is 0 Å². The lowest BCUT2D eigenvalue weighted by atomic mass is 10.1. The second kappa shape index (κ2) is 9.25. The number of halogens is 1. The lowest BCUT2D eigenvalue weighted by Gasteiger charge is -2.13. The minimum absolute atomic E-state index is 0.0470. The van der Waals surface area contributed by atoms with E-state index in [0.717, 1.165) is 12.5 Å². The predicted molar refractivity (Wildman–Crippen MR) is 83.1 cm³/mol. The van der Waals surface area contributed by atoms with Gasteiger partial charge < -0.3 is 14.2 Å². The van der Waals surface area contributed by atoms with Gasteiger partial charge in [-0.05, 0) is 37.5 Å². The lowest BCUT2D eigenvalue weighted by molar-refractivity contribution is -0.155. The van der Waals surface area contributed by atoms with Crippen molar-refractivity contribution in [2.24, 2.45) is 5.92 Å². The van der Waals surface area contributed by atoms with Crippen molar-refractivity contribution < 1.29 is 28.2 Å². The topological polar surface area (TPSA) is 61.8 Å². The minimum atomic E-state index is -0.742. The summed E-state index contributed by atoms with van der Waals surface area (Å²) >= 11 is 0. The van der Waals surface area contributed by atoms with Crippen LogP contribution in [-0.2, 0) is 14.3 Å². The van der Waals surface area contributed by atoms with Crippen LogP contribution in [0.15, 0.2) is 18.2 Å². The Morgan fingerprint density at radius 1 is 1.22 bits per heavy atom. The highest BCUT2D eigenvalue weighted by Crippen LogP contribution is 2.18. The number of benzene rings is 1. The van der Waals surface area contributed by atoms with E-state index >= 15 is 0 Å². The van der Waals surface area contributed by atoms with Gasteiger partial charge in [-0.25, -0.2) is 9.18 Å². The van der Waals surface area contributed by atoms with Crippen molar-refractivity contribution in [2.45, 2.75) is 33.3 Å². The van der Waals surface area contributed by atoms with E-state index in [1.54, 1.807) is 6.92 Å². The number of carbonyl (C=O) groups is 2. The minimum Gasteiger partial charge on any atom is -0.494 e. The zero-order valence-electron chi connectivity index (χ0n) is 13.9. The number of ether oxygens (including phenoxy) is 3. The molecule has 1 rings (SSSR count). The van der Waals surface area contributed by atoms with Gasteiger partial charge in [-0.2, -0.15) is 0 Å². The summed E-state index contributed by atoms with van der Waals surface area (Å²) in [6.45, 7) is 5.67. The first kappa shape index (κ1) is 19.1. The van der Waals surface area contributed by atoms with E-state index < -0.39 is 30.3 Å². The fourth-order valence-electron chi connectivity index (χ4n) is 1.73. The molecule has 0 N–H and O–H groups in total. The van der Waals surface area contributed by atoms with Gasteiger partial charge in [-0.15, -0.1) is 0 Å². The molecule has 1 aromatic carbocycles. The van der Waals surface area contributed by atoms with Gasteiger partial charge in [0.1, 0.15) is 0 Å². The molecule has 0 bridgehead atoms. The van der Waals surface area contributed by atoms with E-state index in [9.17, 15) is 14.0 Å². The molecular weight excluding hydrogens is 303 g/mol. The molecule has 0 fully saturated rings. The van der Waals surface area contributed by atoms with Crippen LogP contribution < -0.4 is 4.74 Å². The van der Waals surface area contributed by atoms with E-state index in [-0.39, 0.29) is 11.3 Å². The second-order valence-corrected chi connectivity index (χ2v) is 5.58. The highest BCUT2D eigenvalue weighted by Gasteiger charge is 2.18. The summed E-state index contributed by atoms with van der Waals surface area (Å²) in [5.41, 5.74) is 0.115. The fraction of sp³-hybridized carbons (Fsp3) is 0.529. The van der Waals surface area contributed by atoms with Crippen molar-refractivity contribution >= 4 is 11.8 Å². The van der Waals surface area contributed by atoms with Crippen LogP contribution >= 0.6 is 0 Å². The second-order valence-electron chi connectivity index (χ2n) is 5.58. The van der Waals surface area contributed by atoms with Gasteiger partial charge in [-0.1, -0.05) is 13.8 Å². The molecule has 0 heterocycles. The molecule has 0 aliphatic carbocycles. The first-order valence-corrected chi connectivity index (χ1v) is 7.50. The van der Waals surface area contributed by atoms with Crippen molar-refractivity contribution in [3.8, 4) is 5.75 Å². The van der Waals surface area contributed by atoms with Crippen molar-refractivity contribution in [1.29, 1.82) is 0 Å². The van der Waals surface area contributed by atoms with E-state index in [0.29, 0.717) is 12.5 Å². The van der Waals surface area contributed by atoms with Gasteiger partial charge >= 0.3 is 5.97 Å². The number of esters is 1. The molecule has 0 saturated carbocycles. The van der Waals surface area contributed by atoms with Crippen molar-refractivity contribution in [1.82, 2.24) is 0 Å². The van der Waals surface area contributed by atoms with Crippen molar-refractivity contribution in [3.63, 3.8) is 0 Å². The van der Waals surface area contributed by atoms with Crippen molar-refractivity contribution in [2.75, 3.05) is 20.3 Å². The maximum absolute atomic E-state index is 13.5. The molecule has 0 aliphatic heterocycles. The summed E-state index contributed by atoms with van der Waals surface area (Å²) in [6.07, 6.45) is 0.0935. The number of ketones is 1. The zero-order valence-corrected chi connectivity index (χ0v) is 13.9. The molecule has 23 heavy (non-hydrogen) atoms. The smallest absolute Gasteiger partial charge is 0.335 e. The number of carbonyl (C=O) groups excluding carboxylic acids is 2. The molecule has 0 saturated heterocycles. The van der Waals surface area contributed by atoms with E-state index in [1.807, 2.05) is 0 Å². The molecule has 6 heteroatoms. The largest absolute Gasteiger partial charge is 0.494 e. The summed E-state index contributed by atoms with van der Waals surface area (Å²) in [7, 11) is 1.34. The van der Waals surface area contributed by atoms with Crippen LogP contribution in [-0.4, -0.2) is 38.2 Å². The summed E-state index contributed by atoms with van der Waals surface area (Å²) in [5.74, 6) is -1.23. The number of methoxy groups -OCH3 is 1. The highest BCUT2D eigenvalue weighted by molar-refractivity contribution is 5.98. The molecule has 5 nitrogen and oxygen atoms in total. The zero-order chi connectivity index (χ0) is 17.4. The molecule has 128 valence electrons. The summed E-state index contributed by atoms with van der Waals surface area (Å²) < 4.78 is 28.6. The normalized spacial score (nSPS) is 12.1. The maximum atomic E-state index is 13.5. The molecule has 1 aromatic rings. The predicted octanol–water partition coefficient (Wildman–Crippen LogP) is 3.01. The van der Waals surface area contributed by atoms with Crippen LogP contribution in [0.2, 0.25) is 0 Å². The average molecular weight is 326 g/mol. The molecule has 0 spiro atoms. The third-order valence-electron chi connectivity index (χ3n) is 3.21. The molecule has 0 amide bonds. The molecular formula is C17H23FO5. The van der Waals surface area contributed by atoms with Gasteiger partial charge in [0.05, 0.1) is 7.11 Å². The third kappa shape index (κ3) is 6.36. The Hall–Kier alpha value is -1.95. The number of Topliss-reactive ketones (excluding diaryl/α,β-unsaturated/α-hetero) is 1. The standard InChI is InChI=1S/C17H23FO5/c1-11(2)7-8-22-12(3)17(20)23-10-15(19)13-5-6-16(21-4)14(18)9-13/h5-6,9,11-12H,7-8,10H2,1-4H3. The van der Waals surface area contributed by atoms with Gasteiger partial charge in [0.25, 0.3) is 0 Å². The summed E-state index contributed by atoms with van der Waals surface area (Å²) in [5, 5.41) is 0. The molecule has 0 aliphatic rings. The molecule has 0 radical (unpaired) electrons. The molecule has 1 unspecified atom stereocenters. The van der Waals surface area contributed by atoms with Crippen LogP contribution in [0.5, 0.6) is 5.75 Å². The monoisotopic (exact) mass is 326 g/mol. The number of rotatable bonds is 9. The average Bonchev–Trinajstić information content (AvgIpc) is 2.51. The van der Waals surface area contributed by atoms with Crippen LogP contribution in [0, 0.1) is 11.7 Å². The summed E-state index contributed by atoms with van der Waals surface area (Å²) in [6, 6.07) is 3.82. The van der Waals surface area contributed by atoms with Gasteiger partial charge in [0.2, 0.25) is 0 Å². The fourth-order valence-corrected chi connectivity index (χ4v) is 1.73. The highest BCUT2D eigenvalue weighted by atomic mass is 19.1. The van der Waals surface area contributed by atoms with Crippen LogP contribution in [0.25, 0.3) is 0 Å². The Bertz CT molecular complexity index is 542. The van der Waals surface area contributed by atoms with Crippen LogP contribution in [0.1, 0.15) is 37.6 Å². The van der Waals surface area contributed by atoms with Gasteiger partial charge in [-0.3, -0.25) is 4.79 Å². The van der Waals surface area contributed by atoms with E-state index in [2.05, 4.69) is 13.8 Å².